The Hall–Kier alpha value is -1.55. The summed E-state index contributed by atoms with van der Waals surface area (Å²) in [7, 11) is 0. The smallest absolute Gasteiger partial charge is 0.153 e. The third kappa shape index (κ3) is 4.37. The van der Waals surface area contributed by atoms with Gasteiger partial charge in [0, 0.05) is 18.6 Å². The Bertz CT molecular complexity index is 376. The minimum Gasteiger partial charge on any atom is -0.493 e. The molecule has 0 aliphatic rings. The van der Waals surface area contributed by atoms with Gasteiger partial charge in [0.15, 0.2) is 6.29 Å². The molecule has 100 valence electrons. The second-order valence-electron chi connectivity index (χ2n) is 4.26. The Labute approximate surface area is 108 Å². The van der Waals surface area contributed by atoms with Crippen LogP contribution in [0, 0.1) is 5.92 Å². The molecule has 0 bridgehead atoms. The number of rotatable bonds is 8. The average molecular weight is 252 g/mol. The normalized spacial score (nSPS) is 11.9. The van der Waals surface area contributed by atoms with E-state index in [0.29, 0.717) is 30.3 Å². The highest BCUT2D eigenvalue weighted by molar-refractivity contribution is 5.79. The van der Waals surface area contributed by atoms with Crippen LogP contribution in [0.25, 0.3) is 0 Å². The molecule has 0 aromatic heterocycles. The lowest BCUT2D eigenvalue weighted by Crippen LogP contribution is -2.13. The second kappa shape index (κ2) is 7.71. The lowest BCUT2D eigenvalue weighted by molar-refractivity contribution is 0.111. The molecule has 0 heterocycles. The van der Waals surface area contributed by atoms with Crippen LogP contribution >= 0.6 is 0 Å². The fourth-order valence-corrected chi connectivity index (χ4v) is 1.33. The first-order valence-electron chi connectivity index (χ1n) is 6.17. The van der Waals surface area contributed by atoms with Gasteiger partial charge in [-0.1, -0.05) is 13.8 Å². The van der Waals surface area contributed by atoms with E-state index in [1.807, 2.05) is 13.8 Å². The van der Waals surface area contributed by atoms with Crippen molar-refractivity contribution in [1.29, 1.82) is 0 Å². The number of aliphatic hydroxyl groups is 1. The van der Waals surface area contributed by atoms with E-state index in [2.05, 4.69) is 0 Å². The summed E-state index contributed by atoms with van der Waals surface area (Å²) in [5.41, 5.74) is 0.490. The van der Waals surface area contributed by atoms with E-state index in [1.165, 1.54) is 0 Å². The van der Waals surface area contributed by atoms with Gasteiger partial charge in [0.05, 0.1) is 18.8 Å². The Kier molecular flexibility index (Phi) is 6.22. The van der Waals surface area contributed by atoms with E-state index < -0.39 is 0 Å². The molecule has 1 N–H and O–H groups in total. The van der Waals surface area contributed by atoms with Gasteiger partial charge in [-0.15, -0.1) is 0 Å². The predicted molar refractivity (Wildman–Crippen MR) is 69.4 cm³/mol. The third-order valence-electron chi connectivity index (χ3n) is 2.42. The quantitative estimate of drug-likeness (QED) is 0.721. The molecule has 4 nitrogen and oxygen atoms in total. The molecule has 1 unspecified atom stereocenters. The molecule has 1 aromatic rings. The standard InChI is InChI=1S/C14H20O4/c1-3-6-17-13-5-4-12(9-16)14(7-13)18-10-11(2)8-15/h4-5,7,9,11,15H,3,6,8,10H2,1-2H3. The van der Waals surface area contributed by atoms with Crippen LogP contribution in [0.15, 0.2) is 18.2 Å². The summed E-state index contributed by atoms with van der Waals surface area (Å²) in [6, 6.07) is 5.14. The molecular weight excluding hydrogens is 232 g/mol. The Morgan fingerprint density at radius 3 is 2.78 bits per heavy atom. The van der Waals surface area contributed by atoms with Crippen molar-refractivity contribution in [2.24, 2.45) is 5.92 Å². The summed E-state index contributed by atoms with van der Waals surface area (Å²) in [6.07, 6.45) is 1.68. The molecule has 1 rings (SSSR count). The molecule has 1 atom stereocenters. The summed E-state index contributed by atoms with van der Waals surface area (Å²) in [6.45, 7) is 4.96. The van der Waals surface area contributed by atoms with Gasteiger partial charge in [-0.2, -0.15) is 0 Å². The number of carbonyl (C=O) groups excluding carboxylic acids is 1. The van der Waals surface area contributed by atoms with Crippen molar-refractivity contribution in [3.63, 3.8) is 0 Å². The number of ether oxygens (including phenoxy) is 2. The van der Waals surface area contributed by atoms with E-state index >= 15 is 0 Å². The Balaban J connectivity index is 2.75. The number of hydrogen-bond donors (Lipinski definition) is 1. The predicted octanol–water partition coefficient (Wildman–Crippen LogP) is 2.30. The zero-order valence-electron chi connectivity index (χ0n) is 10.9. The maximum absolute atomic E-state index is 10.9. The minimum atomic E-state index is 0.0321. The number of aliphatic hydroxyl groups excluding tert-OH is 1. The molecule has 0 saturated heterocycles. The van der Waals surface area contributed by atoms with Crippen LogP contribution in [0.2, 0.25) is 0 Å². The van der Waals surface area contributed by atoms with Gasteiger partial charge >= 0.3 is 0 Å². The number of hydrogen-bond acceptors (Lipinski definition) is 4. The van der Waals surface area contributed by atoms with Crippen molar-refractivity contribution in [3.05, 3.63) is 23.8 Å². The molecule has 0 saturated carbocycles. The van der Waals surface area contributed by atoms with Gasteiger partial charge in [-0.25, -0.2) is 0 Å². The highest BCUT2D eigenvalue weighted by atomic mass is 16.5. The van der Waals surface area contributed by atoms with Crippen molar-refractivity contribution in [2.45, 2.75) is 20.3 Å². The number of benzene rings is 1. The fraction of sp³-hybridized carbons (Fsp3) is 0.500. The van der Waals surface area contributed by atoms with Gasteiger partial charge in [0.25, 0.3) is 0 Å². The third-order valence-corrected chi connectivity index (χ3v) is 2.42. The Morgan fingerprint density at radius 2 is 2.17 bits per heavy atom. The molecule has 4 heteroatoms. The van der Waals surface area contributed by atoms with Crippen LogP contribution < -0.4 is 9.47 Å². The molecule has 0 aliphatic carbocycles. The summed E-state index contributed by atoms with van der Waals surface area (Å²) in [5, 5.41) is 8.94. The van der Waals surface area contributed by atoms with E-state index in [-0.39, 0.29) is 12.5 Å². The van der Waals surface area contributed by atoms with E-state index in [4.69, 9.17) is 14.6 Å². The van der Waals surface area contributed by atoms with Crippen LogP contribution in [0.5, 0.6) is 11.5 Å². The van der Waals surface area contributed by atoms with Crippen molar-refractivity contribution in [3.8, 4) is 11.5 Å². The molecule has 1 aromatic carbocycles. The van der Waals surface area contributed by atoms with Crippen LogP contribution in [-0.4, -0.2) is 31.2 Å². The largest absolute Gasteiger partial charge is 0.493 e. The van der Waals surface area contributed by atoms with Crippen LogP contribution in [0.1, 0.15) is 30.6 Å². The molecule has 0 spiro atoms. The lowest BCUT2D eigenvalue weighted by atomic mass is 10.2. The minimum absolute atomic E-state index is 0.0321. The maximum Gasteiger partial charge on any atom is 0.153 e. The summed E-state index contributed by atoms with van der Waals surface area (Å²) in [4.78, 5) is 10.9. The summed E-state index contributed by atoms with van der Waals surface area (Å²) < 4.78 is 11.0. The molecule has 18 heavy (non-hydrogen) atoms. The van der Waals surface area contributed by atoms with E-state index in [1.54, 1.807) is 18.2 Å². The monoisotopic (exact) mass is 252 g/mol. The van der Waals surface area contributed by atoms with Crippen LogP contribution in [0.3, 0.4) is 0 Å². The van der Waals surface area contributed by atoms with Crippen molar-refractivity contribution >= 4 is 6.29 Å². The van der Waals surface area contributed by atoms with Gasteiger partial charge in [-0.05, 0) is 18.6 Å². The van der Waals surface area contributed by atoms with E-state index in [0.717, 1.165) is 12.7 Å². The van der Waals surface area contributed by atoms with Crippen LogP contribution in [0.4, 0.5) is 0 Å². The van der Waals surface area contributed by atoms with Gasteiger partial charge < -0.3 is 14.6 Å². The van der Waals surface area contributed by atoms with Crippen molar-refractivity contribution < 1.29 is 19.4 Å². The maximum atomic E-state index is 10.9. The first kappa shape index (κ1) is 14.5. The topological polar surface area (TPSA) is 55.8 Å². The van der Waals surface area contributed by atoms with E-state index in [9.17, 15) is 4.79 Å². The Morgan fingerprint density at radius 1 is 1.39 bits per heavy atom. The SMILES string of the molecule is CCCOc1ccc(C=O)c(OCC(C)CO)c1. The van der Waals surface area contributed by atoms with Crippen molar-refractivity contribution in [2.75, 3.05) is 19.8 Å². The highest BCUT2D eigenvalue weighted by Gasteiger charge is 2.08. The van der Waals surface area contributed by atoms with Gasteiger partial charge in [0.2, 0.25) is 0 Å². The average Bonchev–Trinajstić information content (AvgIpc) is 2.42. The summed E-state index contributed by atoms with van der Waals surface area (Å²) in [5.74, 6) is 1.22. The first-order chi connectivity index (χ1) is 8.71. The number of carbonyl (C=O) groups is 1. The lowest BCUT2D eigenvalue weighted by Gasteiger charge is -2.13. The van der Waals surface area contributed by atoms with Crippen LogP contribution in [-0.2, 0) is 0 Å². The van der Waals surface area contributed by atoms with Crippen molar-refractivity contribution in [1.82, 2.24) is 0 Å². The molecule has 0 aliphatic heterocycles. The molecule has 0 radical (unpaired) electrons. The second-order valence-corrected chi connectivity index (χ2v) is 4.26. The summed E-state index contributed by atoms with van der Waals surface area (Å²) >= 11 is 0. The highest BCUT2D eigenvalue weighted by Crippen LogP contribution is 2.24. The zero-order valence-corrected chi connectivity index (χ0v) is 10.9. The zero-order chi connectivity index (χ0) is 13.4. The molecule has 0 fully saturated rings. The molecule has 0 amide bonds. The first-order valence-corrected chi connectivity index (χ1v) is 6.17. The fourth-order valence-electron chi connectivity index (χ4n) is 1.33. The molecular formula is C14H20O4. The van der Waals surface area contributed by atoms with Gasteiger partial charge in [0.1, 0.15) is 11.5 Å². The van der Waals surface area contributed by atoms with Gasteiger partial charge in [-0.3, -0.25) is 4.79 Å². The number of aldehydes is 1.